The molecule has 0 bridgehead atoms. The van der Waals surface area contributed by atoms with E-state index in [1.54, 1.807) is 23.9 Å². The van der Waals surface area contributed by atoms with Gasteiger partial charge in [-0.15, -0.1) is 10.2 Å². The SMILES string of the molecule is NC(=O)c1cccc(CSc2nnc(-c3ccc(Cl)cc3)n2-c2ccccc2)c1. The molecule has 1 aromatic heterocycles. The highest BCUT2D eigenvalue weighted by Gasteiger charge is 2.16. The van der Waals surface area contributed by atoms with Crippen LogP contribution in [0.1, 0.15) is 15.9 Å². The smallest absolute Gasteiger partial charge is 0.248 e. The number of carbonyl (C=O) groups excluding carboxylic acids is 1. The van der Waals surface area contributed by atoms with Crippen molar-refractivity contribution in [3.05, 3.63) is 95.0 Å². The number of nitrogens with two attached hydrogens (primary N) is 1. The molecular formula is C22H17ClN4OS. The van der Waals surface area contributed by atoms with E-state index >= 15 is 0 Å². The van der Waals surface area contributed by atoms with E-state index in [0.29, 0.717) is 16.3 Å². The Morgan fingerprint density at radius 1 is 0.966 bits per heavy atom. The maximum absolute atomic E-state index is 11.4. The molecule has 1 heterocycles. The van der Waals surface area contributed by atoms with Gasteiger partial charge in [-0.1, -0.05) is 53.7 Å². The number of aromatic nitrogens is 3. The number of nitrogens with zero attached hydrogens (tertiary/aromatic N) is 3. The van der Waals surface area contributed by atoms with E-state index in [1.165, 1.54) is 0 Å². The molecule has 3 aromatic carbocycles. The molecule has 0 aliphatic rings. The number of primary amides is 1. The van der Waals surface area contributed by atoms with Gasteiger partial charge in [0.15, 0.2) is 11.0 Å². The molecule has 2 N–H and O–H groups in total. The van der Waals surface area contributed by atoms with Gasteiger partial charge in [0.05, 0.1) is 0 Å². The first-order valence-corrected chi connectivity index (χ1v) is 10.3. The van der Waals surface area contributed by atoms with Gasteiger partial charge in [0.25, 0.3) is 0 Å². The molecule has 5 nitrogen and oxygen atoms in total. The zero-order valence-electron chi connectivity index (χ0n) is 15.3. The van der Waals surface area contributed by atoms with Crippen molar-refractivity contribution in [2.45, 2.75) is 10.9 Å². The number of amides is 1. The second-order valence-electron chi connectivity index (χ2n) is 6.34. The lowest BCUT2D eigenvalue weighted by Crippen LogP contribution is -2.10. The van der Waals surface area contributed by atoms with E-state index in [2.05, 4.69) is 10.2 Å². The minimum absolute atomic E-state index is 0.436. The molecule has 0 saturated carbocycles. The lowest BCUT2D eigenvalue weighted by Gasteiger charge is -2.10. The fourth-order valence-electron chi connectivity index (χ4n) is 2.92. The van der Waals surface area contributed by atoms with Gasteiger partial charge in [-0.2, -0.15) is 0 Å². The third-order valence-electron chi connectivity index (χ3n) is 4.33. The van der Waals surface area contributed by atoms with Crippen molar-refractivity contribution in [2.24, 2.45) is 5.73 Å². The van der Waals surface area contributed by atoms with Crippen LogP contribution in [0.4, 0.5) is 0 Å². The summed E-state index contributed by atoms with van der Waals surface area (Å²) in [6.07, 6.45) is 0. The van der Waals surface area contributed by atoms with Crippen LogP contribution in [0, 0.1) is 0 Å². The van der Waals surface area contributed by atoms with Gasteiger partial charge in [-0.25, -0.2) is 0 Å². The van der Waals surface area contributed by atoms with Crippen LogP contribution < -0.4 is 5.73 Å². The van der Waals surface area contributed by atoms with Crippen LogP contribution in [-0.2, 0) is 5.75 Å². The molecule has 0 aliphatic heterocycles. The molecule has 0 aliphatic carbocycles. The largest absolute Gasteiger partial charge is 0.366 e. The van der Waals surface area contributed by atoms with Crippen molar-refractivity contribution in [3.8, 4) is 17.1 Å². The number of hydrogen-bond donors (Lipinski definition) is 1. The van der Waals surface area contributed by atoms with E-state index in [-0.39, 0.29) is 0 Å². The van der Waals surface area contributed by atoms with Crippen molar-refractivity contribution >= 4 is 29.3 Å². The van der Waals surface area contributed by atoms with Gasteiger partial charge in [-0.3, -0.25) is 9.36 Å². The summed E-state index contributed by atoms with van der Waals surface area (Å²) in [6, 6.07) is 24.8. The van der Waals surface area contributed by atoms with Crippen molar-refractivity contribution in [3.63, 3.8) is 0 Å². The van der Waals surface area contributed by atoms with Gasteiger partial charge in [0, 0.05) is 27.6 Å². The number of hydrogen-bond acceptors (Lipinski definition) is 4. The quantitative estimate of drug-likeness (QED) is 0.446. The summed E-state index contributed by atoms with van der Waals surface area (Å²) in [5.74, 6) is 0.933. The maximum Gasteiger partial charge on any atom is 0.248 e. The van der Waals surface area contributed by atoms with E-state index < -0.39 is 5.91 Å². The van der Waals surface area contributed by atoms with E-state index in [4.69, 9.17) is 17.3 Å². The number of para-hydroxylation sites is 1. The van der Waals surface area contributed by atoms with E-state index in [0.717, 1.165) is 27.8 Å². The van der Waals surface area contributed by atoms with Crippen molar-refractivity contribution < 1.29 is 4.79 Å². The zero-order chi connectivity index (χ0) is 20.2. The number of halogens is 1. The summed E-state index contributed by atoms with van der Waals surface area (Å²) < 4.78 is 2.02. The van der Waals surface area contributed by atoms with Gasteiger partial charge in [0.2, 0.25) is 5.91 Å². The van der Waals surface area contributed by atoms with Crippen LogP contribution in [0.3, 0.4) is 0 Å². The van der Waals surface area contributed by atoms with Crippen molar-refractivity contribution in [1.82, 2.24) is 14.8 Å². The van der Waals surface area contributed by atoms with Gasteiger partial charge >= 0.3 is 0 Å². The summed E-state index contributed by atoms with van der Waals surface area (Å²) in [5, 5.41) is 10.3. The average molecular weight is 421 g/mol. The first-order chi connectivity index (χ1) is 14.1. The molecule has 0 fully saturated rings. The fourth-order valence-corrected chi connectivity index (χ4v) is 3.94. The fraction of sp³-hybridized carbons (Fsp3) is 0.0455. The highest BCUT2D eigenvalue weighted by Crippen LogP contribution is 2.30. The molecule has 0 spiro atoms. The van der Waals surface area contributed by atoms with Gasteiger partial charge < -0.3 is 5.73 Å². The Hall–Kier alpha value is -3.09. The summed E-state index contributed by atoms with van der Waals surface area (Å²) in [6.45, 7) is 0. The van der Waals surface area contributed by atoms with E-state index in [9.17, 15) is 4.79 Å². The minimum atomic E-state index is -0.436. The molecule has 1 amide bonds. The molecule has 0 unspecified atom stereocenters. The van der Waals surface area contributed by atoms with Crippen LogP contribution in [-0.4, -0.2) is 20.7 Å². The molecular weight excluding hydrogens is 404 g/mol. The third kappa shape index (κ3) is 4.34. The van der Waals surface area contributed by atoms with Crippen LogP contribution in [0.2, 0.25) is 5.02 Å². The number of carbonyl (C=O) groups is 1. The van der Waals surface area contributed by atoms with Crippen molar-refractivity contribution in [2.75, 3.05) is 0 Å². The van der Waals surface area contributed by atoms with Crippen LogP contribution in [0.25, 0.3) is 17.1 Å². The second kappa shape index (κ2) is 8.51. The van der Waals surface area contributed by atoms with Crippen LogP contribution in [0.5, 0.6) is 0 Å². The Bertz CT molecular complexity index is 1140. The summed E-state index contributed by atoms with van der Waals surface area (Å²) in [4.78, 5) is 11.4. The van der Waals surface area contributed by atoms with E-state index in [1.807, 2.05) is 71.3 Å². The molecule has 0 radical (unpaired) electrons. The summed E-state index contributed by atoms with van der Waals surface area (Å²) in [5.41, 5.74) is 8.76. The predicted molar refractivity (Wildman–Crippen MR) is 116 cm³/mol. The topological polar surface area (TPSA) is 73.8 Å². The number of rotatable bonds is 6. The Balaban J connectivity index is 1.69. The highest BCUT2D eigenvalue weighted by molar-refractivity contribution is 7.98. The third-order valence-corrected chi connectivity index (χ3v) is 5.58. The normalized spacial score (nSPS) is 10.8. The standard InChI is InChI=1S/C22H17ClN4OS/c23-18-11-9-16(10-12-18)21-25-26-22(27(21)19-7-2-1-3-8-19)29-14-15-5-4-6-17(13-15)20(24)28/h1-13H,14H2,(H2,24,28). The lowest BCUT2D eigenvalue weighted by atomic mass is 10.1. The van der Waals surface area contributed by atoms with Gasteiger partial charge in [0.1, 0.15) is 0 Å². The molecule has 4 rings (SSSR count). The summed E-state index contributed by atoms with van der Waals surface area (Å²) >= 11 is 7.58. The Labute approximate surface area is 177 Å². The average Bonchev–Trinajstić information content (AvgIpc) is 3.17. The molecule has 144 valence electrons. The zero-order valence-corrected chi connectivity index (χ0v) is 16.9. The maximum atomic E-state index is 11.4. The Morgan fingerprint density at radius 3 is 2.45 bits per heavy atom. The minimum Gasteiger partial charge on any atom is -0.366 e. The Kier molecular flexibility index (Phi) is 5.64. The first kappa shape index (κ1) is 19.2. The predicted octanol–water partition coefficient (Wildman–Crippen LogP) is 4.98. The Morgan fingerprint density at radius 2 is 1.72 bits per heavy atom. The number of thioether (sulfide) groups is 1. The molecule has 0 saturated heterocycles. The molecule has 0 atom stereocenters. The monoisotopic (exact) mass is 420 g/mol. The lowest BCUT2D eigenvalue weighted by molar-refractivity contribution is 0.1000. The second-order valence-corrected chi connectivity index (χ2v) is 7.72. The van der Waals surface area contributed by atoms with Gasteiger partial charge in [-0.05, 0) is 54.1 Å². The first-order valence-electron chi connectivity index (χ1n) is 8.90. The molecule has 4 aromatic rings. The van der Waals surface area contributed by atoms with Crippen LogP contribution in [0.15, 0.2) is 84.0 Å². The molecule has 7 heteroatoms. The van der Waals surface area contributed by atoms with Crippen molar-refractivity contribution in [1.29, 1.82) is 0 Å². The highest BCUT2D eigenvalue weighted by atomic mass is 35.5. The van der Waals surface area contributed by atoms with Crippen LogP contribution >= 0.6 is 23.4 Å². The summed E-state index contributed by atoms with van der Waals surface area (Å²) in [7, 11) is 0. The molecule has 29 heavy (non-hydrogen) atoms. The number of benzene rings is 3.